The molecule has 1 fully saturated rings. The van der Waals surface area contributed by atoms with Crippen molar-refractivity contribution in [3.05, 3.63) is 119 Å². The van der Waals surface area contributed by atoms with Gasteiger partial charge in [-0.25, -0.2) is 0 Å². The molecule has 40 heavy (non-hydrogen) atoms. The highest BCUT2D eigenvalue weighted by atomic mass is 35.5. The van der Waals surface area contributed by atoms with Gasteiger partial charge in [0.05, 0.1) is 11.7 Å². The van der Waals surface area contributed by atoms with Gasteiger partial charge >= 0.3 is 0 Å². The van der Waals surface area contributed by atoms with E-state index in [2.05, 4.69) is 15.6 Å². The van der Waals surface area contributed by atoms with Crippen LogP contribution in [0.1, 0.15) is 35.5 Å². The molecule has 0 unspecified atom stereocenters. The number of rotatable bonds is 7. The molecule has 200 valence electrons. The van der Waals surface area contributed by atoms with Crippen LogP contribution in [0.3, 0.4) is 0 Å². The minimum atomic E-state index is -0.289. The molecule has 5 aromatic rings. The molecule has 1 amide bonds. The molecule has 2 atom stereocenters. The Bertz CT molecular complexity index is 1700. The van der Waals surface area contributed by atoms with Crippen LogP contribution in [0, 0.1) is 6.92 Å². The molecule has 0 radical (unpaired) electrons. The molecule has 8 heteroatoms. The lowest BCUT2D eigenvalue weighted by Gasteiger charge is -2.26. The van der Waals surface area contributed by atoms with Crippen molar-refractivity contribution in [2.45, 2.75) is 25.4 Å². The highest BCUT2D eigenvalue weighted by molar-refractivity contribution is 7.80. The predicted molar refractivity (Wildman–Crippen MR) is 163 cm³/mol. The van der Waals surface area contributed by atoms with E-state index in [9.17, 15) is 4.79 Å². The zero-order valence-corrected chi connectivity index (χ0v) is 23.4. The Kier molecular flexibility index (Phi) is 7.24. The standard InChI is InChI=1S/C32H27ClN4O2S/c1-20-12-13-22(19-24(20)33)27-14-15-28(39-27)31-30(26-10-4-5-17-34-26)36-32(40)37(31)18-16-29(38)35-25-11-6-8-21-7-2-3-9-23(21)25/h2-15,17,19,30-31H,16,18H2,1H3,(H,35,38)(H,36,40)/t30-,31+/m1/s1. The summed E-state index contributed by atoms with van der Waals surface area (Å²) in [5, 5.41) is 9.81. The molecule has 3 aromatic carbocycles. The summed E-state index contributed by atoms with van der Waals surface area (Å²) >= 11 is 12.1. The SMILES string of the molecule is Cc1ccc(-c2ccc([C@H]3[C@@H](c4ccccn4)NC(=S)N3CCC(=O)Nc3cccc4ccccc34)o2)cc1Cl. The minimum Gasteiger partial charge on any atom is -0.459 e. The number of fused-ring (bicyclic) bond motifs is 1. The fourth-order valence-electron chi connectivity index (χ4n) is 5.14. The van der Waals surface area contributed by atoms with Crippen LogP contribution in [0.5, 0.6) is 0 Å². The van der Waals surface area contributed by atoms with Gasteiger partial charge < -0.3 is 20.0 Å². The number of amides is 1. The van der Waals surface area contributed by atoms with Gasteiger partial charge in [-0.2, -0.15) is 0 Å². The fraction of sp³-hybridized carbons (Fsp3) is 0.156. The van der Waals surface area contributed by atoms with Crippen molar-refractivity contribution >= 4 is 51.3 Å². The van der Waals surface area contributed by atoms with Crippen molar-refractivity contribution in [3.63, 3.8) is 0 Å². The van der Waals surface area contributed by atoms with Gasteiger partial charge in [0.25, 0.3) is 0 Å². The third-order valence-electron chi connectivity index (χ3n) is 7.22. The molecule has 6 rings (SSSR count). The molecule has 0 saturated carbocycles. The van der Waals surface area contributed by atoms with Crippen LogP contribution < -0.4 is 10.6 Å². The average molecular weight is 567 g/mol. The first kappa shape index (κ1) is 26.0. The van der Waals surface area contributed by atoms with Crippen LogP contribution in [0.2, 0.25) is 5.02 Å². The van der Waals surface area contributed by atoms with E-state index in [4.69, 9.17) is 28.2 Å². The number of anilines is 1. The summed E-state index contributed by atoms with van der Waals surface area (Å²) in [6.45, 7) is 2.37. The van der Waals surface area contributed by atoms with Gasteiger partial charge in [0.2, 0.25) is 5.91 Å². The van der Waals surface area contributed by atoms with Crippen molar-refractivity contribution in [2.24, 2.45) is 0 Å². The maximum absolute atomic E-state index is 13.1. The van der Waals surface area contributed by atoms with E-state index in [1.807, 2.05) is 103 Å². The summed E-state index contributed by atoms with van der Waals surface area (Å²) in [6, 6.07) is 28.9. The lowest BCUT2D eigenvalue weighted by atomic mass is 10.0. The summed E-state index contributed by atoms with van der Waals surface area (Å²) in [5.74, 6) is 1.35. The molecule has 0 spiro atoms. The molecule has 6 nitrogen and oxygen atoms in total. The third kappa shape index (κ3) is 5.18. The van der Waals surface area contributed by atoms with E-state index in [1.165, 1.54) is 0 Å². The number of nitrogens with zero attached hydrogens (tertiary/aromatic N) is 2. The largest absolute Gasteiger partial charge is 0.459 e. The van der Waals surface area contributed by atoms with Crippen LogP contribution >= 0.6 is 23.8 Å². The Morgan fingerprint density at radius 2 is 1.88 bits per heavy atom. The monoisotopic (exact) mass is 566 g/mol. The molecular formula is C32H27ClN4O2S. The summed E-state index contributed by atoms with van der Waals surface area (Å²) in [6.07, 6.45) is 2.01. The van der Waals surface area contributed by atoms with Crippen LogP contribution in [-0.4, -0.2) is 27.4 Å². The molecule has 1 aliphatic rings. The summed E-state index contributed by atoms with van der Waals surface area (Å²) in [7, 11) is 0. The Balaban J connectivity index is 1.26. The number of nitrogens with one attached hydrogen (secondary N) is 2. The Hall–Kier alpha value is -4.20. The molecule has 0 aliphatic carbocycles. The minimum absolute atomic E-state index is 0.0892. The van der Waals surface area contributed by atoms with E-state index in [-0.39, 0.29) is 24.4 Å². The molecule has 2 N–H and O–H groups in total. The van der Waals surface area contributed by atoms with Gasteiger partial charge in [-0.1, -0.05) is 66.2 Å². The molecular weight excluding hydrogens is 540 g/mol. The van der Waals surface area contributed by atoms with Gasteiger partial charge in [-0.15, -0.1) is 0 Å². The number of thiocarbonyl (C=S) groups is 1. The number of pyridine rings is 1. The van der Waals surface area contributed by atoms with Crippen molar-refractivity contribution < 1.29 is 9.21 Å². The lowest BCUT2D eigenvalue weighted by molar-refractivity contribution is -0.116. The van der Waals surface area contributed by atoms with Crippen molar-refractivity contribution in [1.29, 1.82) is 0 Å². The van der Waals surface area contributed by atoms with E-state index in [1.54, 1.807) is 6.20 Å². The topological polar surface area (TPSA) is 70.4 Å². The maximum Gasteiger partial charge on any atom is 0.226 e. The number of carbonyl (C=O) groups excluding carboxylic acids is 1. The fourth-order valence-corrected chi connectivity index (χ4v) is 5.65. The molecule has 0 bridgehead atoms. The normalized spacial score (nSPS) is 16.8. The van der Waals surface area contributed by atoms with E-state index in [0.29, 0.717) is 22.4 Å². The second kappa shape index (κ2) is 11.1. The second-order valence-corrected chi connectivity index (χ2v) is 10.6. The maximum atomic E-state index is 13.1. The first-order valence-corrected chi connectivity index (χ1v) is 13.9. The Morgan fingerprint density at radius 1 is 1.05 bits per heavy atom. The molecule has 1 aliphatic heterocycles. The second-order valence-electron chi connectivity index (χ2n) is 9.81. The van der Waals surface area contributed by atoms with Gasteiger partial charge in [0.1, 0.15) is 17.6 Å². The molecule has 1 saturated heterocycles. The smallest absolute Gasteiger partial charge is 0.226 e. The highest BCUT2D eigenvalue weighted by Gasteiger charge is 2.41. The third-order valence-corrected chi connectivity index (χ3v) is 7.98. The first-order valence-electron chi connectivity index (χ1n) is 13.1. The van der Waals surface area contributed by atoms with Crippen LogP contribution in [-0.2, 0) is 4.79 Å². The van der Waals surface area contributed by atoms with Gasteiger partial charge in [0.15, 0.2) is 5.11 Å². The summed E-state index contributed by atoms with van der Waals surface area (Å²) in [5.41, 5.74) is 3.53. The molecule has 3 heterocycles. The number of aryl methyl sites for hydroxylation is 1. The number of halogens is 1. The predicted octanol–water partition coefficient (Wildman–Crippen LogP) is 7.46. The van der Waals surface area contributed by atoms with Crippen LogP contribution in [0.25, 0.3) is 22.1 Å². The van der Waals surface area contributed by atoms with Crippen molar-refractivity contribution in [1.82, 2.24) is 15.2 Å². The van der Waals surface area contributed by atoms with E-state index >= 15 is 0 Å². The zero-order valence-electron chi connectivity index (χ0n) is 21.8. The number of carbonyl (C=O) groups is 1. The zero-order chi connectivity index (χ0) is 27.6. The van der Waals surface area contributed by atoms with E-state index < -0.39 is 0 Å². The number of furan rings is 1. The lowest BCUT2D eigenvalue weighted by Crippen LogP contribution is -2.32. The number of hydrogen-bond donors (Lipinski definition) is 2. The first-order chi connectivity index (χ1) is 19.5. The average Bonchev–Trinajstić information content (AvgIpc) is 3.58. The number of aromatic nitrogens is 1. The van der Waals surface area contributed by atoms with Gasteiger partial charge in [-0.3, -0.25) is 9.78 Å². The van der Waals surface area contributed by atoms with Crippen molar-refractivity contribution in [2.75, 3.05) is 11.9 Å². The Morgan fingerprint density at radius 3 is 2.70 bits per heavy atom. The summed E-state index contributed by atoms with van der Waals surface area (Å²) < 4.78 is 6.40. The van der Waals surface area contributed by atoms with Crippen LogP contribution in [0.15, 0.2) is 102 Å². The number of hydrogen-bond acceptors (Lipinski definition) is 4. The number of benzene rings is 3. The summed E-state index contributed by atoms with van der Waals surface area (Å²) in [4.78, 5) is 19.7. The van der Waals surface area contributed by atoms with Gasteiger partial charge in [-0.05, 0) is 66.5 Å². The highest BCUT2D eigenvalue weighted by Crippen LogP contribution is 2.41. The van der Waals surface area contributed by atoms with Gasteiger partial charge in [0, 0.05) is 40.8 Å². The van der Waals surface area contributed by atoms with E-state index in [0.717, 1.165) is 39.0 Å². The van der Waals surface area contributed by atoms with Crippen molar-refractivity contribution in [3.8, 4) is 11.3 Å². The Labute approximate surface area is 243 Å². The molecule has 2 aromatic heterocycles. The van der Waals surface area contributed by atoms with Crippen LogP contribution in [0.4, 0.5) is 5.69 Å². The quantitative estimate of drug-likeness (QED) is 0.199.